The topological polar surface area (TPSA) is 74.2 Å². The molecular weight excluding hydrogens is 348 g/mol. The van der Waals surface area contributed by atoms with Crippen molar-refractivity contribution in [1.29, 1.82) is 0 Å². The molecular formula is C21H30O6. The fourth-order valence-electron chi connectivity index (χ4n) is 2.85. The molecule has 1 N–H and O–H groups in total. The van der Waals surface area contributed by atoms with Crippen molar-refractivity contribution in [1.82, 2.24) is 0 Å². The summed E-state index contributed by atoms with van der Waals surface area (Å²) in [5.41, 5.74) is 0.501. The van der Waals surface area contributed by atoms with E-state index in [1.165, 1.54) is 25.7 Å². The van der Waals surface area contributed by atoms with E-state index in [1.807, 2.05) is 0 Å². The number of ether oxygens (including phenoxy) is 4. The Balaban J connectivity index is 1.90. The molecule has 150 valence electrons. The fourth-order valence-corrected chi connectivity index (χ4v) is 2.85. The Bertz CT molecular complexity index is 638. The molecule has 0 amide bonds. The van der Waals surface area contributed by atoms with Crippen LogP contribution in [-0.4, -0.2) is 37.5 Å². The van der Waals surface area contributed by atoms with Gasteiger partial charge >= 0.3 is 5.97 Å². The predicted molar refractivity (Wildman–Crippen MR) is 103 cm³/mol. The van der Waals surface area contributed by atoms with E-state index >= 15 is 0 Å². The number of aliphatic hydroxyl groups is 1. The molecule has 0 aromatic heterocycles. The number of para-hydroxylation sites is 1. The largest absolute Gasteiger partial charge is 0.504 e. The number of unbranched alkanes of at least 4 members (excludes halogenated alkanes) is 5. The van der Waals surface area contributed by atoms with Crippen LogP contribution >= 0.6 is 0 Å². The maximum Gasteiger partial charge on any atom is 0.344 e. The van der Waals surface area contributed by atoms with E-state index in [1.54, 1.807) is 25.1 Å². The minimum absolute atomic E-state index is 0.0591. The smallest absolute Gasteiger partial charge is 0.344 e. The third kappa shape index (κ3) is 6.38. The highest BCUT2D eigenvalue weighted by molar-refractivity contribution is 5.73. The van der Waals surface area contributed by atoms with Crippen LogP contribution in [0.4, 0.5) is 0 Å². The van der Waals surface area contributed by atoms with Crippen LogP contribution in [-0.2, 0) is 14.3 Å². The third-order valence-corrected chi connectivity index (χ3v) is 4.27. The molecule has 0 saturated carbocycles. The molecule has 1 aliphatic heterocycles. The first-order valence-corrected chi connectivity index (χ1v) is 9.76. The molecule has 1 aromatic rings. The zero-order valence-corrected chi connectivity index (χ0v) is 16.3. The van der Waals surface area contributed by atoms with E-state index in [0.29, 0.717) is 36.0 Å². The number of carbonyl (C=O) groups is 1. The molecule has 2 rings (SSSR count). The summed E-state index contributed by atoms with van der Waals surface area (Å²) in [7, 11) is 0. The number of rotatable bonds is 12. The monoisotopic (exact) mass is 378 g/mol. The van der Waals surface area contributed by atoms with Crippen LogP contribution in [0.2, 0.25) is 0 Å². The Morgan fingerprint density at radius 1 is 1.11 bits per heavy atom. The van der Waals surface area contributed by atoms with Crippen LogP contribution in [0.15, 0.2) is 24.0 Å². The Morgan fingerprint density at radius 3 is 2.67 bits per heavy atom. The van der Waals surface area contributed by atoms with Gasteiger partial charge in [-0.3, -0.25) is 0 Å². The van der Waals surface area contributed by atoms with E-state index in [9.17, 15) is 9.90 Å². The molecule has 6 heteroatoms. The van der Waals surface area contributed by atoms with Crippen LogP contribution < -0.4 is 9.47 Å². The molecule has 0 aliphatic carbocycles. The summed E-state index contributed by atoms with van der Waals surface area (Å²) < 4.78 is 21.8. The molecule has 1 heterocycles. The summed E-state index contributed by atoms with van der Waals surface area (Å²) in [6, 6.07) is 5.15. The van der Waals surface area contributed by atoms with E-state index in [4.69, 9.17) is 18.9 Å². The molecule has 0 unspecified atom stereocenters. The van der Waals surface area contributed by atoms with Crippen LogP contribution in [0.5, 0.6) is 11.5 Å². The lowest BCUT2D eigenvalue weighted by Gasteiger charge is -2.23. The zero-order chi connectivity index (χ0) is 19.5. The number of benzene rings is 1. The lowest BCUT2D eigenvalue weighted by atomic mass is 10.1. The van der Waals surface area contributed by atoms with Crippen molar-refractivity contribution in [3.8, 4) is 11.5 Å². The first-order valence-electron chi connectivity index (χ1n) is 9.76. The van der Waals surface area contributed by atoms with Crippen LogP contribution in [0, 0.1) is 0 Å². The van der Waals surface area contributed by atoms with Crippen molar-refractivity contribution < 1.29 is 28.8 Å². The van der Waals surface area contributed by atoms with Crippen molar-refractivity contribution in [2.45, 2.75) is 52.4 Å². The van der Waals surface area contributed by atoms with Crippen LogP contribution in [0.25, 0.3) is 5.76 Å². The van der Waals surface area contributed by atoms with Gasteiger partial charge in [0.1, 0.15) is 6.61 Å². The summed E-state index contributed by atoms with van der Waals surface area (Å²) >= 11 is 0. The van der Waals surface area contributed by atoms with Crippen molar-refractivity contribution in [3.05, 3.63) is 29.5 Å². The summed E-state index contributed by atoms with van der Waals surface area (Å²) in [6.07, 6.45) is 7.06. The van der Waals surface area contributed by atoms with Crippen molar-refractivity contribution in [2.75, 3.05) is 26.4 Å². The highest BCUT2D eigenvalue weighted by atomic mass is 16.6. The predicted octanol–water partition coefficient (Wildman–Crippen LogP) is 4.62. The highest BCUT2D eigenvalue weighted by Crippen LogP contribution is 2.39. The van der Waals surface area contributed by atoms with Gasteiger partial charge in [-0.1, -0.05) is 45.1 Å². The second kappa shape index (κ2) is 11.4. The second-order valence-electron chi connectivity index (χ2n) is 6.40. The molecule has 0 atom stereocenters. The van der Waals surface area contributed by atoms with Gasteiger partial charge in [-0.25, -0.2) is 4.79 Å². The molecule has 0 saturated heterocycles. The van der Waals surface area contributed by atoms with Gasteiger partial charge in [-0.2, -0.15) is 0 Å². The molecule has 27 heavy (non-hydrogen) atoms. The van der Waals surface area contributed by atoms with Gasteiger partial charge < -0.3 is 24.1 Å². The van der Waals surface area contributed by atoms with E-state index in [-0.39, 0.29) is 19.0 Å². The fraction of sp³-hybridized carbons (Fsp3) is 0.571. The van der Waals surface area contributed by atoms with Gasteiger partial charge in [0.15, 0.2) is 29.6 Å². The van der Waals surface area contributed by atoms with E-state index < -0.39 is 5.97 Å². The Kier molecular flexibility index (Phi) is 8.81. The van der Waals surface area contributed by atoms with Gasteiger partial charge in [0.05, 0.1) is 18.8 Å². The van der Waals surface area contributed by atoms with Crippen molar-refractivity contribution >= 4 is 11.7 Å². The number of hydrogen-bond acceptors (Lipinski definition) is 6. The Hall–Kier alpha value is -2.37. The molecule has 0 bridgehead atoms. The number of esters is 1. The lowest BCUT2D eigenvalue weighted by molar-refractivity contribution is -0.145. The van der Waals surface area contributed by atoms with Gasteiger partial charge in [-0.05, 0) is 25.5 Å². The second-order valence-corrected chi connectivity index (χ2v) is 6.40. The van der Waals surface area contributed by atoms with Crippen molar-refractivity contribution in [2.24, 2.45) is 0 Å². The first kappa shape index (κ1) is 20.9. The van der Waals surface area contributed by atoms with E-state index in [0.717, 1.165) is 12.8 Å². The third-order valence-electron chi connectivity index (χ3n) is 4.27. The molecule has 0 spiro atoms. The molecule has 0 radical (unpaired) electrons. The number of fused-ring (bicyclic) bond motifs is 1. The number of hydrogen-bond donors (Lipinski definition) is 1. The summed E-state index contributed by atoms with van der Waals surface area (Å²) in [6.45, 7) is 4.72. The molecule has 1 aromatic carbocycles. The first-order chi connectivity index (χ1) is 13.2. The average molecular weight is 378 g/mol. The Labute approximate surface area is 161 Å². The average Bonchev–Trinajstić information content (AvgIpc) is 2.67. The summed E-state index contributed by atoms with van der Waals surface area (Å²) in [4.78, 5) is 11.5. The molecule has 1 aliphatic rings. The highest BCUT2D eigenvalue weighted by Gasteiger charge is 2.24. The van der Waals surface area contributed by atoms with Crippen molar-refractivity contribution in [3.63, 3.8) is 0 Å². The quantitative estimate of drug-likeness (QED) is 0.422. The summed E-state index contributed by atoms with van der Waals surface area (Å²) in [5, 5.41) is 10.5. The van der Waals surface area contributed by atoms with Gasteiger partial charge in [0.2, 0.25) is 0 Å². The minimum Gasteiger partial charge on any atom is -0.504 e. The van der Waals surface area contributed by atoms with E-state index in [2.05, 4.69) is 6.92 Å². The Morgan fingerprint density at radius 2 is 1.89 bits per heavy atom. The maximum atomic E-state index is 11.5. The standard InChI is InChI=1S/C21H30O6/c1-3-5-6-7-8-9-13-25-18-14-27-21-16(20(18)23)11-10-12-17(21)26-15-19(22)24-4-2/h10-12,23H,3-9,13-15H2,1-2H3. The van der Waals surface area contributed by atoms with Gasteiger partial charge in [0.25, 0.3) is 0 Å². The minimum atomic E-state index is -0.450. The lowest BCUT2D eigenvalue weighted by Crippen LogP contribution is -2.18. The van der Waals surface area contributed by atoms with Gasteiger partial charge in [0, 0.05) is 0 Å². The number of carbonyl (C=O) groups excluding carboxylic acids is 1. The molecule has 0 fully saturated rings. The zero-order valence-electron chi connectivity index (χ0n) is 16.3. The number of aliphatic hydroxyl groups excluding tert-OH is 1. The maximum absolute atomic E-state index is 11.5. The molecule has 6 nitrogen and oxygen atoms in total. The van der Waals surface area contributed by atoms with Crippen LogP contribution in [0.1, 0.15) is 57.9 Å². The SMILES string of the molecule is CCCCCCCCOC1=C(O)c2cccc(OCC(=O)OCC)c2OC1. The summed E-state index contributed by atoms with van der Waals surface area (Å²) in [5.74, 6) is 0.837. The van der Waals surface area contributed by atoms with Gasteiger partial charge in [-0.15, -0.1) is 0 Å². The van der Waals surface area contributed by atoms with Crippen LogP contribution in [0.3, 0.4) is 0 Å². The normalized spacial score (nSPS) is 13.0.